The Morgan fingerprint density at radius 2 is 2.26 bits per heavy atom. The first-order chi connectivity index (χ1) is 9.00. The largest absolute Gasteiger partial charge is 0.490 e. The van der Waals surface area contributed by atoms with Crippen molar-refractivity contribution in [3.05, 3.63) is 29.3 Å². The predicted molar refractivity (Wildman–Crippen MR) is 84.1 cm³/mol. The molecular formula is C15H18INO2. The van der Waals surface area contributed by atoms with Gasteiger partial charge in [0.1, 0.15) is 11.4 Å². The Balaban J connectivity index is 2.14. The molecule has 1 aromatic rings. The number of alkyl halides is 1. The van der Waals surface area contributed by atoms with E-state index in [1.54, 1.807) is 4.57 Å². The maximum absolute atomic E-state index is 11.2. The maximum atomic E-state index is 11.2. The fraction of sp³-hybridized carbons (Fsp3) is 0.533. The van der Waals surface area contributed by atoms with E-state index < -0.39 is 0 Å². The molecule has 0 radical (unpaired) electrons. The van der Waals surface area contributed by atoms with Gasteiger partial charge in [-0.1, -0.05) is 36.4 Å². The van der Waals surface area contributed by atoms with Gasteiger partial charge < -0.3 is 4.74 Å². The molecule has 0 fully saturated rings. The van der Waals surface area contributed by atoms with E-state index in [1.165, 1.54) is 11.1 Å². The SMILES string of the molecule is CC1C2=C(CC(C)(CI)O2)c2ccn(C=O)c2C1C. The number of allylic oxidation sites excluding steroid dienone is 1. The van der Waals surface area contributed by atoms with Crippen molar-refractivity contribution in [3.63, 3.8) is 0 Å². The third kappa shape index (κ3) is 1.79. The fourth-order valence-corrected chi connectivity index (χ4v) is 3.67. The number of hydrogen-bond donors (Lipinski definition) is 0. The maximum Gasteiger partial charge on any atom is 0.217 e. The average molecular weight is 371 g/mol. The zero-order chi connectivity index (χ0) is 13.8. The van der Waals surface area contributed by atoms with Gasteiger partial charge in [0.2, 0.25) is 6.41 Å². The molecule has 3 nitrogen and oxygen atoms in total. The normalized spacial score (nSPS) is 32.8. The van der Waals surface area contributed by atoms with Crippen molar-refractivity contribution < 1.29 is 9.53 Å². The molecule has 0 spiro atoms. The highest BCUT2D eigenvalue weighted by atomic mass is 127. The molecule has 0 N–H and O–H groups in total. The number of aromatic nitrogens is 1. The summed E-state index contributed by atoms with van der Waals surface area (Å²) in [6.45, 7) is 6.55. The lowest BCUT2D eigenvalue weighted by Crippen LogP contribution is -2.26. The van der Waals surface area contributed by atoms with Crippen LogP contribution >= 0.6 is 22.6 Å². The Morgan fingerprint density at radius 1 is 1.53 bits per heavy atom. The van der Waals surface area contributed by atoms with Crippen molar-refractivity contribution in [1.82, 2.24) is 4.57 Å². The second kappa shape index (κ2) is 4.36. The van der Waals surface area contributed by atoms with Crippen molar-refractivity contribution >= 4 is 34.6 Å². The first-order valence-electron chi connectivity index (χ1n) is 6.65. The minimum atomic E-state index is -0.0932. The molecule has 3 atom stereocenters. The van der Waals surface area contributed by atoms with E-state index in [2.05, 4.69) is 49.4 Å². The number of carbonyl (C=O) groups excluding carboxylic acids is 1. The number of fused-ring (bicyclic) bond motifs is 2. The van der Waals surface area contributed by atoms with Crippen molar-refractivity contribution in [2.75, 3.05) is 4.43 Å². The number of rotatable bonds is 2. The van der Waals surface area contributed by atoms with Gasteiger partial charge in [-0.25, -0.2) is 0 Å². The van der Waals surface area contributed by atoms with Crippen LogP contribution in [-0.4, -0.2) is 21.0 Å². The molecule has 19 heavy (non-hydrogen) atoms. The summed E-state index contributed by atoms with van der Waals surface area (Å²) in [7, 11) is 0. The first-order valence-corrected chi connectivity index (χ1v) is 8.17. The van der Waals surface area contributed by atoms with Crippen molar-refractivity contribution in [3.8, 4) is 0 Å². The van der Waals surface area contributed by atoms with Crippen LogP contribution in [-0.2, 0) is 9.53 Å². The molecular weight excluding hydrogens is 353 g/mol. The predicted octanol–water partition coefficient (Wildman–Crippen LogP) is 3.60. The second-order valence-corrected chi connectivity index (χ2v) is 6.67. The average Bonchev–Trinajstić information content (AvgIpc) is 2.97. The molecule has 1 aliphatic heterocycles. The van der Waals surface area contributed by atoms with Gasteiger partial charge >= 0.3 is 0 Å². The molecule has 3 unspecified atom stereocenters. The van der Waals surface area contributed by atoms with Crippen LogP contribution in [0.1, 0.15) is 44.4 Å². The summed E-state index contributed by atoms with van der Waals surface area (Å²) < 4.78 is 8.96. The summed E-state index contributed by atoms with van der Waals surface area (Å²) in [6.07, 6.45) is 3.72. The number of hydrogen-bond acceptors (Lipinski definition) is 2. The monoisotopic (exact) mass is 371 g/mol. The van der Waals surface area contributed by atoms with Crippen LogP contribution in [0.5, 0.6) is 0 Å². The smallest absolute Gasteiger partial charge is 0.217 e. The van der Waals surface area contributed by atoms with Gasteiger partial charge in [-0.3, -0.25) is 9.36 Å². The van der Waals surface area contributed by atoms with Crippen molar-refractivity contribution in [2.24, 2.45) is 5.92 Å². The second-order valence-electron chi connectivity index (χ2n) is 5.91. The minimum Gasteiger partial charge on any atom is -0.490 e. The van der Waals surface area contributed by atoms with E-state index in [9.17, 15) is 4.79 Å². The lowest BCUT2D eigenvalue weighted by Gasteiger charge is -2.29. The molecule has 2 aliphatic rings. The number of halogens is 1. The molecule has 0 saturated carbocycles. The highest BCUT2D eigenvalue weighted by Crippen LogP contribution is 2.51. The molecule has 0 amide bonds. The van der Waals surface area contributed by atoms with E-state index in [-0.39, 0.29) is 5.60 Å². The Morgan fingerprint density at radius 3 is 2.89 bits per heavy atom. The highest BCUT2D eigenvalue weighted by molar-refractivity contribution is 14.1. The van der Waals surface area contributed by atoms with Gasteiger partial charge in [0.25, 0.3) is 0 Å². The van der Waals surface area contributed by atoms with Crippen LogP contribution in [0.15, 0.2) is 18.0 Å². The molecule has 0 aromatic carbocycles. The first kappa shape index (κ1) is 13.2. The third-order valence-corrected chi connectivity index (χ3v) is 6.09. The zero-order valence-electron chi connectivity index (χ0n) is 11.4. The van der Waals surface area contributed by atoms with Crippen LogP contribution < -0.4 is 0 Å². The van der Waals surface area contributed by atoms with Gasteiger partial charge in [-0.15, -0.1) is 0 Å². The van der Waals surface area contributed by atoms with Gasteiger partial charge in [0.05, 0.1) is 0 Å². The summed E-state index contributed by atoms with van der Waals surface area (Å²) in [4.78, 5) is 11.2. The van der Waals surface area contributed by atoms with Gasteiger partial charge in [-0.05, 0) is 13.0 Å². The Hall–Kier alpha value is -0.780. The molecule has 0 bridgehead atoms. The zero-order valence-corrected chi connectivity index (χ0v) is 13.6. The number of nitrogens with zero attached hydrogens (tertiary/aromatic N) is 1. The summed E-state index contributed by atoms with van der Waals surface area (Å²) in [6, 6.07) is 2.06. The topological polar surface area (TPSA) is 31.2 Å². The molecule has 2 heterocycles. The standard InChI is InChI=1S/C15H18INO2/c1-9-10(2)14-12(6-15(3,7-16)19-14)11-4-5-17(8-18)13(9)11/h4-5,8-10H,6-7H2,1-3H3. The molecule has 3 rings (SSSR count). The van der Waals surface area contributed by atoms with Crippen molar-refractivity contribution in [2.45, 2.75) is 38.7 Å². The summed E-state index contributed by atoms with van der Waals surface area (Å²) >= 11 is 2.39. The van der Waals surface area contributed by atoms with E-state index in [4.69, 9.17) is 4.74 Å². The molecule has 0 saturated heterocycles. The van der Waals surface area contributed by atoms with Crippen LogP contribution in [0.25, 0.3) is 5.57 Å². The molecule has 1 aromatic heterocycles. The molecule has 1 aliphatic carbocycles. The van der Waals surface area contributed by atoms with E-state index in [0.29, 0.717) is 11.8 Å². The van der Waals surface area contributed by atoms with E-state index in [0.717, 1.165) is 28.7 Å². The Kier molecular flexibility index (Phi) is 3.04. The van der Waals surface area contributed by atoms with E-state index in [1.807, 2.05) is 6.20 Å². The van der Waals surface area contributed by atoms with E-state index >= 15 is 0 Å². The fourth-order valence-electron chi connectivity index (χ4n) is 3.25. The lowest BCUT2D eigenvalue weighted by atomic mass is 9.79. The molecule has 102 valence electrons. The molecule has 4 heteroatoms. The third-order valence-electron chi connectivity index (χ3n) is 4.48. The summed E-state index contributed by atoms with van der Waals surface area (Å²) in [5, 5.41) is 0. The number of carbonyl (C=O) groups is 1. The van der Waals surface area contributed by atoms with Crippen LogP contribution in [0.3, 0.4) is 0 Å². The van der Waals surface area contributed by atoms with Gasteiger partial charge in [-0.2, -0.15) is 0 Å². The number of ether oxygens (including phenoxy) is 1. The quantitative estimate of drug-likeness (QED) is 0.452. The van der Waals surface area contributed by atoms with Crippen LogP contribution in [0, 0.1) is 5.92 Å². The van der Waals surface area contributed by atoms with Gasteiger partial charge in [0.15, 0.2) is 0 Å². The lowest BCUT2D eigenvalue weighted by molar-refractivity contribution is 0.0506. The van der Waals surface area contributed by atoms with Crippen LogP contribution in [0.4, 0.5) is 0 Å². The van der Waals surface area contributed by atoms with Crippen molar-refractivity contribution in [1.29, 1.82) is 0 Å². The Bertz CT molecular complexity index is 575. The Labute approximate surface area is 127 Å². The highest BCUT2D eigenvalue weighted by Gasteiger charge is 2.44. The summed E-state index contributed by atoms with van der Waals surface area (Å²) in [5.41, 5.74) is 3.56. The minimum absolute atomic E-state index is 0.0932. The van der Waals surface area contributed by atoms with Gasteiger partial charge in [0, 0.05) is 45.7 Å². The van der Waals surface area contributed by atoms with Crippen LogP contribution in [0.2, 0.25) is 0 Å². The summed E-state index contributed by atoms with van der Waals surface area (Å²) in [5.74, 6) is 1.79.